The van der Waals surface area contributed by atoms with E-state index in [2.05, 4.69) is 15.3 Å². The molecular formula is C17H19N3O5S. The monoisotopic (exact) mass is 377 g/mol. The van der Waals surface area contributed by atoms with Crippen molar-refractivity contribution in [2.24, 2.45) is 0 Å². The van der Waals surface area contributed by atoms with Crippen LogP contribution < -0.4 is 15.7 Å². The van der Waals surface area contributed by atoms with Gasteiger partial charge in [0.2, 0.25) is 5.91 Å². The summed E-state index contributed by atoms with van der Waals surface area (Å²) in [7, 11) is 1.51. The Kier molecular flexibility index (Phi) is 6.79. The number of hydrogen-bond acceptors (Lipinski definition) is 7. The molecule has 26 heavy (non-hydrogen) atoms. The van der Waals surface area contributed by atoms with Crippen LogP contribution in [0.2, 0.25) is 0 Å². The molecule has 0 fully saturated rings. The number of nitrogens with one attached hydrogen (secondary N) is 2. The number of H-pyrrole nitrogens is 1. The zero-order chi connectivity index (χ0) is 19.1. The fourth-order valence-electron chi connectivity index (χ4n) is 2.18. The van der Waals surface area contributed by atoms with Crippen molar-refractivity contribution in [2.45, 2.75) is 18.9 Å². The molecule has 1 aromatic carbocycles. The minimum Gasteiger partial charge on any atom is -0.495 e. The molecule has 0 aliphatic rings. The lowest BCUT2D eigenvalue weighted by Crippen LogP contribution is -2.21. The third kappa shape index (κ3) is 4.85. The maximum Gasteiger partial charge on any atom is 0.346 e. The van der Waals surface area contributed by atoms with Crippen LogP contribution in [0.25, 0.3) is 0 Å². The Bertz CT molecular complexity index is 866. The highest BCUT2D eigenvalue weighted by Gasteiger charge is 2.20. The number of anilines is 1. The van der Waals surface area contributed by atoms with Crippen molar-refractivity contribution >= 4 is 29.3 Å². The highest BCUT2D eigenvalue weighted by atomic mass is 32.2. The minimum atomic E-state index is -0.596. The van der Waals surface area contributed by atoms with Crippen LogP contribution in [0, 0.1) is 6.92 Å². The molecule has 0 aliphatic heterocycles. The Balaban J connectivity index is 2.14. The van der Waals surface area contributed by atoms with E-state index in [0.717, 1.165) is 11.8 Å². The van der Waals surface area contributed by atoms with Crippen molar-refractivity contribution in [1.82, 2.24) is 9.97 Å². The molecule has 0 unspecified atom stereocenters. The molecule has 1 heterocycles. The predicted molar refractivity (Wildman–Crippen MR) is 97.9 cm³/mol. The van der Waals surface area contributed by atoms with Crippen molar-refractivity contribution in [2.75, 3.05) is 24.8 Å². The topological polar surface area (TPSA) is 110 Å². The molecule has 1 aromatic heterocycles. The molecule has 8 nitrogen and oxygen atoms in total. The standard InChI is InChI=1S/C17H19N3O5S/c1-4-25-16(22)14-10(2)18-17(23)20-15(14)26-9-13(21)19-11-7-5-6-8-12(11)24-3/h5-8H,4,9H2,1-3H3,(H,19,21)(H,18,20,23). The summed E-state index contributed by atoms with van der Waals surface area (Å²) in [6, 6.07) is 6.99. The third-order valence-electron chi connectivity index (χ3n) is 3.29. The van der Waals surface area contributed by atoms with Gasteiger partial charge in [0.25, 0.3) is 0 Å². The van der Waals surface area contributed by atoms with Crippen LogP contribution in [0.4, 0.5) is 5.69 Å². The number of hydrogen-bond donors (Lipinski definition) is 2. The van der Waals surface area contributed by atoms with Gasteiger partial charge in [0.05, 0.1) is 25.2 Å². The van der Waals surface area contributed by atoms with Gasteiger partial charge >= 0.3 is 11.7 Å². The highest BCUT2D eigenvalue weighted by Crippen LogP contribution is 2.25. The SMILES string of the molecule is CCOC(=O)c1c(SCC(=O)Nc2ccccc2OC)nc(=O)[nH]c1C. The Hall–Kier alpha value is -2.81. The summed E-state index contributed by atoms with van der Waals surface area (Å²) < 4.78 is 10.2. The number of nitrogens with zero attached hydrogens (tertiary/aromatic N) is 1. The van der Waals surface area contributed by atoms with Gasteiger partial charge in [0.15, 0.2) is 0 Å². The van der Waals surface area contributed by atoms with Crippen molar-refractivity contribution < 1.29 is 19.1 Å². The normalized spacial score (nSPS) is 10.3. The van der Waals surface area contributed by atoms with Crippen molar-refractivity contribution in [3.63, 3.8) is 0 Å². The van der Waals surface area contributed by atoms with E-state index in [4.69, 9.17) is 9.47 Å². The van der Waals surface area contributed by atoms with Gasteiger partial charge in [-0.15, -0.1) is 0 Å². The molecule has 9 heteroatoms. The average Bonchev–Trinajstić information content (AvgIpc) is 2.60. The average molecular weight is 377 g/mol. The number of benzene rings is 1. The van der Waals surface area contributed by atoms with Crippen LogP contribution >= 0.6 is 11.8 Å². The summed E-state index contributed by atoms with van der Waals surface area (Å²) in [4.78, 5) is 42.2. The summed E-state index contributed by atoms with van der Waals surface area (Å²) in [5.41, 5.74) is 0.432. The van der Waals surface area contributed by atoms with Gasteiger partial charge in [-0.2, -0.15) is 4.98 Å². The Morgan fingerprint density at radius 2 is 2.04 bits per heavy atom. The van der Waals surface area contributed by atoms with Gasteiger partial charge in [0, 0.05) is 5.69 Å². The number of carbonyl (C=O) groups excluding carboxylic acids is 2. The van der Waals surface area contributed by atoms with Crippen LogP contribution in [0.15, 0.2) is 34.1 Å². The van der Waals surface area contributed by atoms with Gasteiger partial charge in [-0.3, -0.25) is 4.79 Å². The number of aromatic nitrogens is 2. The number of para-hydroxylation sites is 2. The lowest BCUT2D eigenvalue weighted by atomic mass is 10.2. The van der Waals surface area contributed by atoms with E-state index in [1.54, 1.807) is 38.1 Å². The van der Waals surface area contributed by atoms with Crippen LogP contribution in [-0.4, -0.2) is 41.3 Å². The smallest absolute Gasteiger partial charge is 0.346 e. The second-order valence-corrected chi connectivity index (χ2v) is 6.07. The number of amides is 1. The maximum atomic E-state index is 12.2. The van der Waals surface area contributed by atoms with Gasteiger partial charge in [-0.25, -0.2) is 9.59 Å². The first-order chi connectivity index (χ1) is 12.5. The van der Waals surface area contributed by atoms with Crippen molar-refractivity contribution in [3.05, 3.63) is 46.0 Å². The molecule has 0 atom stereocenters. The minimum absolute atomic E-state index is 0.0413. The molecule has 2 N–H and O–H groups in total. The maximum absolute atomic E-state index is 12.2. The van der Waals surface area contributed by atoms with E-state index in [1.165, 1.54) is 7.11 Å². The Morgan fingerprint density at radius 1 is 1.31 bits per heavy atom. The van der Waals surface area contributed by atoms with Crippen LogP contribution in [0.5, 0.6) is 5.75 Å². The van der Waals surface area contributed by atoms with Crippen LogP contribution in [-0.2, 0) is 9.53 Å². The molecule has 1 amide bonds. The van der Waals surface area contributed by atoms with Gasteiger partial charge in [-0.1, -0.05) is 23.9 Å². The molecule has 0 aliphatic carbocycles. The largest absolute Gasteiger partial charge is 0.495 e. The lowest BCUT2D eigenvalue weighted by Gasteiger charge is -2.11. The number of methoxy groups -OCH3 is 1. The van der Waals surface area contributed by atoms with Gasteiger partial charge in [-0.05, 0) is 26.0 Å². The summed E-state index contributed by atoms with van der Waals surface area (Å²) >= 11 is 0.986. The highest BCUT2D eigenvalue weighted by molar-refractivity contribution is 8.00. The summed E-state index contributed by atoms with van der Waals surface area (Å²) in [6.45, 7) is 3.45. The Labute approximate surface area is 154 Å². The lowest BCUT2D eigenvalue weighted by molar-refractivity contribution is -0.113. The van der Waals surface area contributed by atoms with Crippen molar-refractivity contribution in [1.29, 1.82) is 0 Å². The van der Waals surface area contributed by atoms with E-state index in [0.29, 0.717) is 17.1 Å². The van der Waals surface area contributed by atoms with E-state index in [9.17, 15) is 14.4 Å². The summed E-state index contributed by atoms with van der Waals surface area (Å²) in [5.74, 6) is -0.431. The number of thioether (sulfide) groups is 1. The zero-order valence-corrected chi connectivity index (χ0v) is 15.4. The number of esters is 1. The van der Waals surface area contributed by atoms with E-state index < -0.39 is 11.7 Å². The second-order valence-electron chi connectivity index (χ2n) is 5.10. The molecule has 0 bridgehead atoms. The number of ether oxygens (including phenoxy) is 2. The molecule has 0 saturated carbocycles. The Morgan fingerprint density at radius 3 is 2.73 bits per heavy atom. The molecule has 2 aromatic rings. The van der Waals surface area contributed by atoms with E-state index in [1.807, 2.05) is 0 Å². The van der Waals surface area contributed by atoms with E-state index in [-0.39, 0.29) is 28.9 Å². The number of rotatable bonds is 7. The molecule has 0 radical (unpaired) electrons. The first-order valence-electron chi connectivity index (χ1n) is 7.80. The first-order valence-corrected chi connectivity index (χ1v) is 8.78. The van der Waals surface area contributed by atoms with Crippen LogP contribution in [0.3, 0.4) is 0 Å². The number of aryl methyl sites for hydroxylation is 1. The summed E-state index contributed by atoms with van der Waals surface area (Å²) in [6.07, 6.45) is 0. The second kappa shape index (κ2) is 9.04. The molecule has 0 saturated heterocycles. The fraction of sp³-hybridized carbons (Fsp3) is 0.294. The summed E-state index contributed by atoms with van der Waals surface area (Å²) in [5, 5.41) is 2.87. The predicted octanol–water partition coefficient (Wildman–Crippen LogP) is 1.99. The van der Waals surface area contributed by atoms with Crippen LogP contribution in [0.1, 0.15) is 23.0 Å². The molecular weight excluding hydrogens is 358 g/mol. The zero-order valence-electron chi connectivity index (χ0n) is 14.6. The van der Waals surface area contributed by atoms with Crippen molar-refractivity contribution in [3.8, 4) is 5.75 Å². The molecule has 2 rings (SSSR count). The first kappa shape index (κ1) is 19.5. The van der Waals surface area contributed by atoms with E-state index >= 15 is 0 Å². The van der Waals surface area contributed by atoms with Gasteiger partial charge < -0.3 is 19.8 Å². The molecule has 0 spiro atoms. The molecule has 138 valence electrons. The quantitative estimate of drug-likeness (QED) is 0.431. The fourth-order valence-corrected chi connectivity index (χ4v) is 3.04. The number of aromatic amines is 1. The number of carbonyl (C=O) groups is 2. The third-order valence-corrected chi connectivity index (χ3v) is 4.26. The van der Waals surface area contributed by atoms with Gasteiger partial charge in [0.1, 0.15) is 16.3 Å².